The molecule has 0 aliphatic carbocycles. The largest absolute Gasteiger partial charge is 0.481 e. The van der Waals surface area contributed by atoms with Crippen molar-refractivity contribution in [2.24, 2.45) is 0 Å². The number of carbonyl (C=O) groups is 1. The normalized spacial score (nSPS) is 11.5. The predicted molar refractivity (Wildman–Crippen MR) is 124 cm³/mol. The molecular formula is C26H24N2O4. The minimum absolute atomic E-state index is 0.192. The SMILES string of the molecule is CC(C)(C)c1nc2c(CC(=O)O)cc(-c3ccc(Oc4ccccc4)cc3)cc2[nH]c1=O. The van der Waals surface area contributed by atoms with Gasteiger partial charge in [0.1, 0.15) is 17.2 Å². The smallest absolute Gasteiger partial charge is 0.307 e. The highest BCUT2D eigenvalue weighted by Gasteiger charge is 2.22. The van der Waals surface area contributed by atoms with E-state index in [1.807, 2.05) is 87.5 Å². The fraction of sp³-hybridized carbons (Fsp3) is 0.192. The molecule has 0 aliphatic rings. The lowest BCUT2D eigenvalue weighted by Gasteiger charge is -2.18. The van der Waals surface area contributed by atoms with Crippen molar-refractivity contribution in [1.29, 1.82) is 0 Å². The van der Waals surface area contributed by atoms with Gasteiger partial charge in [0.15, 0.2) is 0 Å². The van der Waals surface area contributed by atoms with Crippen LogP contribution in [-0.2, 0) is 16.6 Å². The van der Waals surface area contributed by atoms with Crippen LogP contribution >= 0.6 is 0 Å². The van der Waals surface area contributed by atoms with E-state index in [4.69, 9.17) is 4.74 Å². The zero-order valence-corrected chi connectivity index (χ0v) is 18.2. The molecule has 1 heterocycles. The van der Waals surface area contributed by atoms with Crippen molar-refractivity contribution in [2.75, 3.05) is 0 Å². The van der Waals surface area contributed by atoms with Gasteiger partial charge in [0.25, 0.3) is 5.56 Å². The number of aliphatic carboxylic acids is 1. The average molecular weight is 428 g/mol. The number of rotatable bonds is 5. The van der Waals surface area contributed by atoms with Gasteiger partial charge in [-0.1, -0.05) is 51.1 Å². The minimum Gasteiger partial charge on any atom is -0.481 e. The van der Waals surface area contributed by atoms with Gasteiger partial charge in [-0.15, -0.1) is 0 Å². The Bertz CT molecular complexity index is 1330. The van der Waals surface area contributed by atoms with E-state index in [0.29, 0.717) is 28.0 Å². The van der Waals surface area contributed by atoms with E-state index in [0.717, 1.165) is 16.9 Å². The predicted octanol–water partition coefficient (Wildman–Crippen LogP) is 5.31. The number of carboxylic acid groups (broad SMARTS) is 1. The summed E-state index contributed by atoms with van der Waals surface area (Å²) >= 11 is 0. The van der Waals surface area contributed by atoms with Gasteiger partial charge in [-0.2, -0.15) is 0 Å². The second-order valence-electron chi connectivity index (χ2n) is 8.71. The topological polar surface area (TPSA) is 92.3 Å². The molecule has 6 heteroatoms. The van der Waals surface area contributed by atoms with Gasteiger partial charge in [0.2, 0.25) is 0 Å². The number of hydrogen-bond acceptors (Lipinski definition) is 4. The van der Waals surface area contributed by atoms with E-state index in [2.05, 4.69) is 9.97 Å². The molecule has 3 aromatic carbocycles. The number of nitrogens with one attached hydrogen (secondary N) is 1. The van der Waals surface area contributed by atoms with E-state index in [1.165, 1.54) is 0 Å². The molecule has 0 fully saturated rings. The van der Waals surface area contributed by atoms with Crippen LogP contribution in [0.1, 0.15) is 32.0 Å². The number of para-hydroxylation sites is 1. The Labute approximate surface area is 185 Å². The molecule has 1 aromatic heterocycles. The minimum atomic E-state index is -0.958. The van der Waals surface area contributed by atoms with Crippen molar-refractivity contribution in [3.8, 4) is 22.6 Å². The Hall–Kier alpha value is -3.93. The van der Waals surface area contributed by atoms with Gasteiger partial charge in [0.05, 0.1) is 17.5 Å². The maximum absolute atomic E-state index is 12.6. The van der Waals surface area contributed by atoms with E-state index >= 15 is 0 Å². The fourth-order valence-electron chi connectivity index (χ4n) is 3.58. The van der Waals surface area contributed by atoms with E-state index < -0.39 is 11.4 Å². The Balaban J connectivity index is 1.77. The molecule has 0 saturated carbocycles. The molecule has 32 heavy (non-hydrogen) atoms. The number of H-pyrrole nitrogens is 1. The quantitative estimate of drug-likeness (QED) is 0.450. The van der Waals surface area contributed by atoms with Crippen molar-refractivity contribution >= 4 is 17.0 Å². The molecule has 0 spiro atoms. The van der Waals surface area contributed by atoms with Gasteiger partial charge >= 0.3 is 5.97 Å². The Morgan fingerprint density at radius 3 is 2.25 bits per heavy atom. The van der Waals surface area contributed by atoms with Crippen LogP contribution in [0.2, 0.25) is 0 Å². The van der Waals surface area contributed by atoms with Gasteiger partial charge in [-0.3, -0.25) is 9.59 Å². The number of fused-ring (bicyclic) bond motifs is 1. The first-order chi connectivity index (χ1) is 15.2. The first-order valence-electron chi connectivity index (χ1n) is 10.3. The monoisotopic (exact) mass is 428 g/mol. The van der Waals surface area contributed by atoms with Crippen molar-refractivity contribution in [1.82, 2.24) is 9.97 Å². The molecule has 4 rings (SSSR count). The third kappa shape index (κ3) is 4.54. The van der Waals surface area contributed by atoms with E-state index in [1.54, 1.807) is 0 Å². The lowest BCUT2D eigenvalue weighted by atomic mass is 9.92. The summed E-state index contributed by atoms with van der Waals surface area (Å²) in [5.74, 6) is 0.477. The fourth-order valence-corrected chi connectivity index (χ4v) is 3.58. The molecule has 0 unspecified atom stereocenters. The molecule has 0 atom stereocenters. The molecule has 2 N–H and O–H groups in total. The van der Waals surface area contributed by atoms with Crippen LogP contribution in [0.25, 0.3) is 22.2 Å². The molecule has 0 radical (unpaired) electrons. The summed E-state index contributed by atoms with van der Waals surface area (Å²) in [7, 11) is 0. The average Bonchev–Trinajstić information content (AvgIpc) is 2.73. The first kappa shape index (κ1) is 21.3. The molecule has 6 nitrogen and oxygen atoms in total. The molecule has 162 valence electrons. The summed E-state index contributed by atoms with van der Waals surface area (Å²) < 4.78 is 5.84. The lowest BCUT2D eigenvalue weighted by molar-refractivity contribution is -0.136. The van der Waals surface area contributed by atoms with Crippen molar-refractivity contribution < 1.29 is 14.6 Å². The van der Waals surface area contributed by atoms with Crippen LogP contribution in [0.15, 0.2) is 71.5 Å². The number of nitrogens with zero attached hydrogens (tertiary/aromatic N) is 1. The molecule has 4 aromatic rings. The number of hydrogen-bond donors (Lipinski definition) is 2. The highest BCUT2D eigenvalue weighted by molar-refractivity contribution is 5.88. The van der Waals surface area contributed by atoms with Crippen LogP contribution in [0.3, 0.4) is 0 Å². The van der Waals surface area contributed by atoms with E-state index in [-0.39, 0.29) is 12.0 Å². The highest BCUT2D eigenvalue weighted by atomic mass is 16.5. The summed E-state index contributed by atoms with van der Waals surface area (Å²) in [5, 5.41) is 9.43. The Kier molecular flexibility index (Phi) is 5.53. The van der Waals surface area contributed by atoms with Crippen LogP contribution in [0.4, 0.5) is 0 Å². The van der Waals surface area contributed by atoms with Crippen molar-refractivity contribution in [3.63, 3.8) is 0 Å². The highest BCUT2D eigenvalue weighted by Crippen LogP contribution is 2.30. The van der Waals surface area contributed by atoms with Crippen LogP contribution < -0.4 is 10.3 Å². The van der Waals surface area contributed by atoms with Gasteiger partial charge in [0, 0.05) is 5.41 Å². The summed E-state index contributed by atoms with van der Waals surface area (Å²) in [6.07, 6.45) is -0.192. The van der Waals surface area contributed by atoms with Crippen molar-refractivity contribution in [2.45, 2.75) is 32.6 Å². The molecule has 0 aliphatic heterocycles. The summed E-state index contributed by atoms with van der Waals surface area (Å²) in [6.45, 7) is 5.71. The van der Waals surface area contributed by atoms with Crippen LogP contribution in [0, 0.1) is 0 Å². The summed E-state index contributed by atoms with van der Waals surface area (Å²) in [5.41, 5.74) is 2.89. The Morgan fingerprint density at radius 2 is 1.62 bits per heavy atom. The van der Waals surface area contributed by atoms with Crippen molar-refractivity contribution in [3.05, 3.63) is 88.3 Å². The maximum Gasteiger partial charge on any atom is 0.307 e. The number of aromatic amines is 1. The number of benzene rings is 3. The van der Waals surface area contributed by atoms with Crippen LogP contribution in [0.5, 0.6) is 11.5 Å². The van der Waals surface area contributed by atoms with E-state index in [9.17, 15) is 14.7 Å². The standard InChI is InChI=1S/C26H24N2O4/c1-26(2,3)24-25(31)27-21-14-17(13-18(15-22(29)30)23(21)28-24)16-9-11-20(12-10-16)32-19-7-5-4-6-8-19/h4-14H,15H2,1-3H3,(H,27,31)(H,29,30). The molecule has 0 bridgehead atoms. The lowest BCUT2D eigenvalue weighted by Crippen LogP contribution is -2.27. The third-order valence-corrected chi connectivity index (χ3v) is 5.09. The summed E-state index contributed by atoms with van der Waals surface area (Å²) in [4.78, 5) is 31.6. The second kappa shape index (κ2) is 8.30. The second-order valence-corrected chi connectivity index (χ2v) is 8.71. The maximum atomic E-state index is 12.6. The zero-order valence-electron chi connectivity index (χ0n) is 18.2. The number of aromatic nitrogens is 2. The number of carboxylic acids is 1. The van der Waals surface area contributed by atoms with Gasteiger partial charge in [-0.25, -0.2) is 4.98 Å². The molecule has 0 saturated heterocycles. The number of ether oxygens (including phenoxy) is 1. The van der Waals surface area contributed by atoms with Crippen LogP contribution in [-0.4, -0.2) is 21.0 Å². The third-order valence-electron chi connectivity index (χ3n) is 5.09. The summed E-state index contributed by atoms with van der Waals surface area (Å²) in [6, 6.07) is 20.7. The zero-order chi connectivity index (χ0) is 22.9. The molecule has 0 amide bonds. The van der Waals surface area contributed by atoms with Gasteiger partial charge in [-0.05, 0) is 53.1 Å². The van der Waals surface area contributed by atoms with Gasteiger partial charge < -0.3 is 14.8 Å². The Morgan fingerprint density at radius 1 is 0.969 bits per heavy atom. The molecular weight excluding hydrogens is 404 g/mol. The first-order valence-corrected chi connectivity index (χ1v) is 10.3.